The molecule has 100 valence electrons. The molecule has 1 atom stereocenters. The number of halogens is 1. The fraction of sp³-hybridized carbons (Fsp3) is 0.429. The number of hydrogen-bond acceptors (Lipinski definition) is 3. The van der Waals surface area contributed by atoms with E-state index in [1.54, 1.807) is 11.8 Å². The molecule has 5 heteroatoms. The summed E-state index contributed by atoms with van der Waals surface area (Å²) in [5.74, 6) is -1.41. The number of anilines is 1. The van der Waals surface area contributed by atoms with E-state index < -0.39 is 17.3 Å². The van der Waals surface area contributed by atoms with Crippen molar-refractivity contribution >= 4 is 11.7 Å². The molecule has 1 unspecified atom stereocenters. The fourth-order valence-electron chi connectivity index (χ4n) is 2.56. The van der Waals surface area contributed by atoms with Crippen LogP contribution in [0.5, 0.6) is 0 Å². The molecular weight excluding hydrogens is 247 g/mol. The van der Waals surface area contributed by atoms with Crippen molar-refractivity contribution in [1.82, 2.24) is 0 Å². The van der Waals surface area contributed by atoms with Gasteiger partial charge in [0, 0.05) is 6.54 Å². The second-order valence-corrected chi connectivity index (χ2v) is 4.96. The summed E-state index contributed by atoms with van der Waals surface area (Å²) >= 11 is 0. The van der Waals surface area contributed by atoms with Crippen LogP contribution in [0.3, 0.4) is 0 Å². The van der Waals surface area contributed by atoms with Gasteiger partial charge in [-0.05, 0) is 44.4 Å². The van der Waals surface area contributed by atoms with Gasteiger partial charge in [-0.1, -0.05) is 0 Å². The van der Waals surface area contributed by atoms with Gasteiger partial charge in [0.1, 0.15) is 17.4 Å². The Hall–Kier alpha value is -2.09. The van der Waals surface area contributed by atoms with Gasteiger partial charge in [-0.3, -0.25) is 0 Å². The van der Waals surface area contributed by atoms with E-state index in [9.17, 15) is 14.3 Å². The minimum atomic E-state index is -1.04. The molecule has 1 fully saturated rings. The second-order valence-electron chi connectivity index (χ2n) is 4.96. The Labute approximate surface area is 111 Å². The van der Waals surface area contributed by atoms with E-state index >= 15 is 0 Å². The minimum Gasteiger partial charge on any atom is -0.480 e. The smallest absolute Gasteiger partial charge is 0.329 e. The molecule has 1 aliphatic rings. The molecule has 2 rings (SSSR count). The van der Waals surface area contributed by atoms with Gasteiger partial charge in [-0.2, -0.15) is 5.26 Å². The van der Waals surface area contributed by atoms with E-state index in [1.165, 1.54) is 12.1 Å². The first-order chi connectivity index (χ1) is 8.99. The molecule has 0 saturated carbocycles. The average molecular weight is 262 g/mol. The molecule has 1 aromatic rings. The van der Waals surface area contributed by atoms with Crippen molar-refractivity contribution in [3.05, 3.63) is 29.6 Å². The van der Waals surface area contributed by atoms with E-state index in [2.05, 4.69) is 0 Å². The second kappa shape index (κ2) is 4.88. The zero-order valence-electron chi connectivity index (χ0n) is 10.7. The Morgan fingerprint density at radius 1 is 1.53 bits per heavy atom. The van der Waals surface area contributed by atoms with Crippen LogP contribution >= 0.6 is 0 Å². The number of nitrogens with zero attached hydrogens (tertiary/aromatic N) is 2. The van der Waals surface area contributed by atoms with E-state index in [0.29, 0.717) is 18.7 Å². The van der Waals surface area contributed by atoms with Crippen LogP contribution in [-0.4, -0.2) is 23.2 Å². The summed E-state index contributed by atoms with van der Waals surface area (Å²) in [6.07, 6.45) is 2.22. The maximum Gasteiger partial charge on any atom is 0.329 e. The Bertz CT molecular complexity index is 553. The number of carbonyl (C=O) groups is 1. The lowest BCUT2D eigenvalue weighted by atomic mass is 9.87. The molecule has 0 bridgehead atoms. The summed E-state index contributed by atoms with van der Waals surface area (Å²) in [5.41, 5.74) is -0.371. The minimum absolute atomic E-state index is 0.175. The number of nitriles is 1. The van der Waals surface area contributed by atoms with Crippen LogP contribution in [0.4, 0.5) is 10.1 Å². The monoisotopic (exact) mass is 262 g/mol. The Kier molecular flexibility index (Phi) is 3.43. The lowest BCUT2D eigenvalue weighted by Gasteiger charge is -2.43. The van der Waals surface area contributed by atoms with Crippen molar-refractivity contribution in [1.29, 1.82) is 5.26 Å². The van der Waals surface area contributed by atoms with Gasteiger partial charge in [0.15, 0.2) is 0 Å². The lowest BCUT2D eigenvalue weighted by molar-refractivity contribution is -0.143. The third-order valence-electron chi connectivity index (χ3n) is 3.72. The SMILES string of the molecule is CC1(C(=O)O)CCCCN1c1ccc(F)cc1C#N. The first kappa shape index (κ1) is 13.3. The third-order valence-corrected chi connectivity index (χ3v) is 3.72. The number of carboxylic acid groups (broad SMARTS) is 1. The quantitative estimate of drug-likeness (QED) is 0.889. The summed E-state index contributed by atoms with van der Waals surface area (Å²) in [6.45, 7) is 2.21. The van der Waals surface area contributed by atoms with Crippen molar-refractivity contribution in [2.75, 3.05) is 11.4 Å². The highest BCUT2D eigenvalue weighted by Crippen LogP contribution is 2.35. The molecule has 1 heterocycles. The van der Waals surface area contributed by atoms with Crippen LogP contribution in [0.1, 0.15) is 31.7 Å². The van der Waals surface area contributed by atoms with Crippen LogP contribution in [-0.2, 0) is 4.79 Å². The van der Waals surface area contributed by atoms with Crippen LogP contribution < -0.4 is 4.90 Å². The fourth-order valence-corrected chi connectivity index (χ4v) is 2.56. The van der Waals surface area contributed by atoms with Crippen LogP contribution in [0, 0.1) is 17.1 Å². The topological polar surface area (TPSA) is 64.3 Å². The predicted octanol–water partition coefficient (Wildman–Crippen LogP) is 2.53. The first-order valence-corrected chi connectivity index (χ1v) is 6.20. The highest BCUT2D eigenvalue weighted by Gasteiger charge is 2.42. The van der Waals surface area contributed by atoms with Crippen LogP contribution in [0.15, 0.2) is 18.2 Å². The van der Waals surface area contributed by atoms with E-state index in [0.717, 1.165) is 18.9 Å². The molecule has 19 heavy (non-hydrogen) atoms. The molecule has 1 aliphatic heterocycles. The van der Waals surface area contributed by atoms with E-state index in [-0.39, 0.29) is 5.56 Å². The highest BCUT2D eigenvalue weighted by atomic mass is 19.1. The normalized spacial score (nSPS) is 22.9. The number of hydrogen-bond donors (Lipinski definition) is 1. The molecule has 0 spiro atoms. The van der Waals surface area contributed by atoms with Gasteiger partial charge < -0.3 is 10.0 Å². The molecule has 0 radical (unpaired) electrons. The molecule has 1 saturated heterocycles. The number of piperidine rings is 1. The Morgan fingerprint density at radius 2 is 2.26 bits per heavy atom. The van der Waals surface area contributed by atoms with Crippen LogP contribution in [0.25, 0.3) is 0 Å². The molecule has 0 amide bonds. The first-order valence-electron chi connectivity index (χ1n) is 6.20. The van der Waals surface area contributed by atoms with Crippen molar-refractivity contribution in [2.24, 2.45) is 0 Å². The molecule has 4 nitrogen and oxygen atoms in total. The van der Waals surface area contributed by atoms with Gasteiger partial charge in [0.05, 0.1) is 11.3 Å². The maximum absolute atomic E-state index is 13.2. The zero-order valence-corrected chi connectivity index (χ0v) is 10.7. The summed E-state index contributed by atoms with van der Waals surface area (Å²) in [5, 5.41) is 18.5. The van der Waals surface area contributed by atoms with Crippen molar-refractivity contribution in [2.45, 2.75) is 31.7 Å². The molecule has 0 aliphatic carbocycles. The standard InChI is InChI=1S/C14H15FN2O2/c1-14(13(18)19)6-2-3-7-17(14)12-5-4-11(15)8-10(12)9-16/h4-5,8H,2-3,6-7H2,1H3,(H,18,19). The average Bonchev–Trinajstić information content (AvgIpc) is 2.39. The highest BCUT2D eigenvalue weighted by molar-refractivity contribution is 5.84. The number of benzene rings is 1. The largest absolute Gasteiger partial charge is 0.480 e. The van der Waals surface area contributed by atoms with Gasteiger partial charge in [0.25, 0.3) is 0 Å². The summed E-state index contributed by atoms with van der Waals surface area (Å²) in [4.78, 5) is 13.2. The van der Waals surface area contributed by atoms with Gasteiger partial charge >= 0.3 is 5.97 Å². The van der Waals surface area contributed by atoms with Gasteiger partial charge in [-0.25, -0.2) is 9.18 Å². The molecule has 0 aromatic heterocycles. The maximum atomic E-state index is 13.2. The molecular formula is C14H15FN2O2. The number of carboxylic acids is 1. The van der Waals surface area contributed by atoms with E-state index in [4.69, 9.17) is 5.26 Å². The van der Waals surface area contributed by atoms with Crippen molar-refractivity contribution in [3.63, 3.8) is 0 Å². The van der Waals surface area contributed by atoms with Gasteiger partial charge in [0.2, 0.25) is 0 Å². The van der Waals surface area contributed by atoms with Crippen LogP contribution in [0.2, 0.25) is 0 Å². The van der Waals surface area contributed by atoms with Gasteiger partial charge in [-0.15, -0.1) is 0 Å². The zero-order chi connectivity index (χ0) is 14.0. The van der Waals surface area contributed by atoms with Crippen molar-refractivity contribution < 1.29 is 14.3 Å². The molecule has 1 aromatic carbocycles. The Morgan fingerprint density at radius 3 is 2.89 bits per heavy atom. The molecule has 1 N–H and O–H groups in total. The third kappa shape index (κ3) is 2.26. The Balaban J connectivity index is 2.50. The lowest BCUT2D eigenvalue weighted by Crippen LogP contribution is -2.55. The predicted molar refractivity (Wildman–Crippen MR) is 68.4 cm³/mol. The number of aliphatic carboxylic acids is 1. The van der Waals surface area contributed by atoms with E-state index in [1.807, 2.05) is 6.07 Å². The summed E-state index contributed by atoms with van der Waals surface area (Å²) in [7, 11) is 0. The summed E-state index contributed by atoms with van der Waals surface area (Å²) in [6, 6.07) is 5.82. The van der Waals surface area contributed by atoms with Crippen molar-refractivity contribution in [3.8, 4) is 6.07 Å². The summed E-state index contributed by atoms with van der Waals surface area (Å²) < 4.78 is 13.2. The number of rotatable bonds is 2.